The Kier molecular flexibility index (Phi) is 4.19. The topological polar surface area (TPSA) is 80.3 Å². The van der Waals surface area contributed by atoms with Gasteiger partial charge in [0.05, 0.1) is 13.2 Å². The summed E-state index contributed by atoms with van der Waals surface area (Å²) >= 11 is 6.18. The summed E-state index contributed by atoms with van der Waals surface area (Å²) < 4.78 is 11.2. The molecule has 2 aliphatic heterocycles. The normalized spacial score (nSPS) is 22.9. The number of ether oxygens (including phenoxy) is 2. The lowest BCUT2D eigenvalue weighted by molar-refractivity contribution is 0.00118. The number of hydrogen-bond acceptors (Lipinski definition) is 5. The van der Waals surface area contributed by atoms with E-state index in [1.165, 1.54) is 5.56 Å². The van der Waals surface area contributed by atoms with Gasteiger partial charge in [0.15, 0.2) is 5.84 Å². The number of hydrogen-bond donors (Lipinski definition) is 2. The van der Waals surface area contributed by atoms with Gasteiger partial charge in [-0.25, -0.2) is 0 Å². The van der Waals surface area contributed by atoms with Gasteiger partial charge in [-0.2, -0.15) is 0 Å². The van der Waals surface area contributed by atoms with Crippen LogP contribution in [0.15, 0.2) is 17.3 Å². The average molecular weight is 312 g/mol. The fraction of sp³-hybridized carbons (Fsp3) is 0.500. The van der Waals surface area contributed by atoms with E-state index in [0.717, 1.165) is 29.3 Å². The van der Waals surface area contributed by atoms with E-state index in [4.69, 9.17) is 32.0 Å². The predicted molar refractivity (Wildman–Crippen MR) is 79.1 cm³/mol. The monoisotopic (exact) mass is 311 g/mol. The second kappa shape index (κ2) is 6.09. The molecule has 3 N–H and O–H groups in total. The Morgan fingerprint density at radius 3 is 3.14 bits per heavy atom. The molecule has 114 valence electrons. The summed E-state index contributed by atoms with van der Waals surface area (Å²) in [5, 5.41) is 12.5. The Labute approximate surface area is 128 Å². The molecular formula is C14H18ClN3O3. The minimum Gasteiger partial charge on any atom is -0.493 e. The first kappa shape index (κ1) is 14.4. The molecule has 0 amide bonds. The van der Waals surface area contributed by atoms with Crippen LogP contribution in [0, 0.1) is 0 Å². The number of fused-ring (bicyclic) bond motifs is 1. The van der Waals surface area contributed by atoms with Crippen molar-refractivity contribution in [1.29, 1.82) is 0 Å². The third-order valence-electron chi connectivity index (χ3n) is 3.82. The number of amidine groups is 1. The molecule has 0 radical (unpaired) electrons. The molecule has 1 unspecified atom stereocenters. The largest absolute Gasteiger partial charge is 0.493 e. The van der Waals surface area contributed by atoms with Gasteiger partial charge in [0.25, 0.3) is 0 Å². The number of nitrogens with zero attached hydrogens (tertiary/aromatic N) is 2. The number of morpholine rings is 1. The van der Waals surface area contributed by atoms with Crippen molar-refractivity contribution in [2.75, 3.05) is 26.3 Å². The molecule has 0 saturated carbocycles. The van der Waals surface area contributed by atoms with Crippen molar-refractivity contribution < 1.29 is 14.7 Å². The smallest absolute Gasteiger partial charge is 0.169 e. The highest BCUT2D eigenvalue weighted by atomic mass is 35.5. The number of halogens is 1. The molecule has 2 aliphatic rings. The van der Waals surface area contributed by atoms with Crippen molar-refractivity contribution in [1.82, 2.24) is 4.90 Å². The number of nitrogens with two attached hydrogens (primary N) is 1. The number of benzene rings is 1. The van der Waals surface area contributed by atoms with E-state index in [2.05, 4.69) is 10.1 Å². The first-order chi connectivity index (χ1) is 10.2. The lowest BCUT2D eigenvalue weighted by Gasteiger charge is -2.32. The molecule has 7 heteroatoms. The molecule has 0 aliphatic carbocycles. The standard InChI is InChI=1S/C14H18ClN3O3/c15-11-5-9-1-3-21-13(9)10(6-11)7-18-2-4-20-12(8-18)14(16)17-19/h5-6,12,19H,1-4,7-8H2,(H2,16,17). The van der Waals surface area contributed by atoms with E-state index < -0.39 is 0 Å². The summed E-state index contributed by atoms with van der Waals surface area (Å²) in [6.07, 6.45) is 0.524. The van der Waals surface area contributed by atoms with Crippen LogP contribution in [0.3, 0.4) is 0 Å². The van der Waals surface area contributed by atoms with Crippen molar-refractivity contribution in [3.05, 3.63) is 28.3 Å². The molecule has 2 heterocycles. The fourth-order valence-corrected chi connectivity index (χ4v) is 3.06. The zero-order valence-electron chi connectivity index (χ0n) is 11.6. The lowest BCUT2D eigenvalue weighted by Crippen LogP contribution is -2.48. The highest BCUT2D eigenvalue weighted by molar-refractivity contribution is 6.30. The van der Waals surface area contributed by atoms with E-state index in [1.807, 2.05) is 12.1 Å². The maximum Gasteiger partial charge on any atom is 0.169 e. The number of rotatable bonds is 3. The molecule has 1 atom stereocenters. The summed E-state index contributed by atoms with van der Waals surface area (Å²) in [6.45, 7) is 3.33. The van der Waals surface area contributed by atoms with Gasteiger partial charge in [-0.3, -0.25) is 4.90 Å². The van der Waals surface area contributed by atoms with Gasteiger partial charge in [0.1, 0.15) is 11.9 Å². The van der Waals surface area contributed by atoms with Crippen LogP contribution in [-0.2, 0) is 17.7 Å². The van der Waals surface area contributed by atoms with Crippen molar-refractivity contribution in [3.8, 4) is 5.75 Å². The molecular weight excluding hydrogens is 294 g/mol. The Hall–Kier alpha value is -1.50. The van der Waals surface area contributed by atoms with Crippen LogP contribution in [0.25, 0.3) is 0 Å². The van der Waals surface area contributed by atoms with Crippen LogP contribution in [0.4, 0.5) is 0 Å². The van der Waals surface area contributed by atoms with Gasteiger partial charge in [-0.15, -0.1) is 0 Å². The van der Waals surface area contributed by atoms with Crippen molar-refractivity contribution in [3.63, 3.8) is 0 Å². The maximum atomic E-state index is 8.75. The summed E-state index contributed by atoms with van der Waals surface area (Å²) in [4.78, 5) is 2.19. The molecule has 3 rings (SSSR count). The van der Waals surface area contributed by atoms with Gasteiger partial charge < -0.3 is 20.4 Å². The van der Waals surface area contributed by atoms with Gasteiger partial charge in [0, 0.05) is 36.6 Å². The second-order valence-electron chi connectivity index (χ2n) is 5.27. The Morgan fingerprint density at radius 1 is 1.48 bits per heavy atom. The van der Waals surface area contributed by atoms with E-state index in [0.29, 0.717) is 26.3 Å². The molecule has 0 spiro atoms. The van der Waals surface area contributed by atoms with E-state index in [9.17, 15) is 0 Å². The highest BCUT2D eigenvalue weighted by Crippen LogP contribution is 2.33. The average Bonchev–Trinajstić information content (AvgIpc) is 2.95. The van der Waals surface area contributed by atoms with Gasteiger partial charge in [-0.05, 0) is 17.7 Å². The predicted octanol–water partition coefficient (Wildman–Crippen LogP) is 1.22. The van der Waals surface area contributed by atoms with Gasteiger partial charge >= 0.3 is 0 Å². The first-order valence-electron chi connectivity index (χ1n) is 6.93. The van der Waals surface area contributed by atoms with E-state index in [1.54, 1.807) is 0 Å². The zero-order valence-corrected chi connectivity index (χ0v) is 12.3. The Bertz CT molecular complexity index is 565. The summed E-state index contributed by atoms with van der Waals surface area (Å²) in [7, 11) is 0. The van der Waals surface area contributed by atoms with Crippen LogP contribution in [-0.4, -0.2) is 48.4 Å². The Balaban J connectivity index is 1.75. The molecule has 6 nitrogen and oxygen atoms in total. The molecule has 1 aromatic rings. The lowest BCUT2D eigenvalue weighted by atomic mass is 10.1. The van der Waals surface area contributed by atoms with E-state index in [-0.39, 0.29) is 11.9 Å². The zero-order chi connectivity index (χ0) is 14.8. The maximum absolute atomic E-state index is 8.75. The molecule has 0 aromatic heterocycles. The van der Waals surface area contributed by atoms with Gasteiger partial charge in [0.2, 0.25) is 0 Å². The quantitative estimate of drug-likeness (QED) is 0.380. The van der Waals surface area contributed by atoms with Crippen molar-refractivity contribution >= 4 is 17.4 Å². The molecule has 1 fully saturated rings. The van der Waals surface area contributed by atoms with Crippen molar-refractivity contribution in [2.24, 2.45) is 10.9 Å². The van der Waals surface area contributed by atoms with Crippen LogP contribution in [0.1, 0.15) is 11.1 Å². The number of oxime groups is 1. The molecule has 1 aromatic carbocycles. The van der Waals surface area contributed by atoms with Crippen LogP contribution in [0.5, 0.6) is 5.75 Å². The summed E-state index contributed by atoms with van der Waals surface area (Å²) in [5.74, 6) is 1.05. The minimum absolute atomic E-state index is 0.104. The minimum atomic E-state index is -0.378. The van der Waals surface area contributed by atoms with Crippen molar-refractivity contribution in [2.45, 2.75) is 19.1 Å². The van der Waals surface area contributed by atoms with Gasteiger partial charge in [-0.1, -0.05) is 16.8 Å². The molecule has 21 heavy (non-hydrogen) atoms. The third-order valence-corrected chi connectivity index (χ3v) is 4.03. The molecule has 1 saturated heterocycles. The van der Waals surface area contributed by atoms with Crippen LogP contribution < -0.4 is 10.5 Å². The third kappa shape index (κ3) is 3.07. The summed E-state index contributed by atoms with van der Waals surface area (Å²) in [5.41, 5.74) is 7.86. The molecule has 0 bridgehead atoms. The van der Waals surface area contributed by atoms with Crippen LogP contribution in [0.2, 0.25) is 5.02 Å². The first-order valence-corrected chi connectivity index (χ1v) is 7.30. The van der Waals surface area contributed by atoms with E-state index >= 15 is 0 Å². The highest BCUT2D eigenvalue weighted by Gasteiger charge is 2.26. The van der Waals surface area contributed by atoms with Crippen LogP contribution >= 0.6 is 11.6 Å². The summed E-state index contributed by atoms with van der Waals surface area (Å²) in [6, 6.07) is 3.91. The SMILES string of the molecule is N/C(=N/O)C1CN(Cc2cc(Cl)cc3c2OCC3)CCO1. The Morgan fingerprint density at radius 2 is 2.33 bits per heavy atom. The second-order valence-corrected chi connectivity index (χ2v) is 5.71. The fourth-order valence-electron chi connectivity index (χ4n) is 2.79.